The molecule has 3 aliphatic heterocycles. The van der Waals surface area contributed by atoms with Gasteiger partial charge in [0, 0.05) is 60.7 Å². The number of hydrogen-bond acceptors (Lipinski definition) is 4. The second-order valence-corrected chi connectivity index (χ2v) is 27.3. The number of anilines is 8. The zero-order valence-electron chi connectivity index (χ0n) is 44.9. The quantitative estimate of drug-likeness (QED) is 0.163. The Kier molecular flexibility index (Phi) is 10.0. The van der Waals surface area contributed by atoms with Crippen molar-refractivity contribution in [1.82, 2.24) is 0 Å². The zero-order chi connectivity index (χ0) is 49.9. The molecule has 12 rings (SSSR count). The number of hydrogen-bond donors (Lipinski definition) is 0. The molecule has 0 spiro atoms. The number of benzene rings is 7. The Balaban J connectivity index is 1.24. The summed E-state index contributed by atoms with van der Waals surface area (Å²) in [5, 5.41) is 2.64. The van der Waals surface area contributed by atoms with Crippen molar-refractivity contribution in [2.24, 2.45) is 0 Å². The Bertz CT molecular complexity index is 3500. The molecule has 0 radical (unpaired) electrons. The lowest BCUT2D eigenvalue weighted by molar-refractivity contribution is 0.195. The van der Waals surface area contributed by atoms with Crippen molar-refractivity contribution in [3.63, 3.8) is 0 Å². The molecule has 1 aliphatic carbocycles. The van der Waals surface area contributed by atoms with E-state index in [1.807, 2.05) is 11.3 Å². The first-order valence-electron chi connectivity index (χ1n) is 26.5. The molecule has 360 valence electrons. The van der Waals surface area contributed by atoms with Gasteiger partial charge in [-0.25, -0.2) is 0 Å². The molecule has 7 aromatic carbocycles. The van der Waals surface area contributed by atoms with Gasteiger partial charge >= 0.3 is 0 Å². The Morgan fingerprint density at radius 1 is 0.451 bits per heavy atom. The predicted octanol–water partition coefficient (Wildman–Crippen LogP) is 17.1. The van der Waals surface area contributed by atoms with Crippen molar-refractivity contribution in [3.8, 4) is 0 Å². The maximum atomic E-state index is 2.84. The van der Waals surface area contributed by atoms with E-state index >= 15 is 0 Å². The second-order valence-electron chi connectivity index (χ2n) is 26.2. The van der Waals surface area contributed by atoms with Gasteiger partial charge in [-0.05, 0) is 140 Å². The molecule has 0 N–H and O–H groups in total. The van der Waals surface area contributed by atoms with Crippen LogP contribution in [-0.2, 0) is 27.1 Å². The maximum Gasteiger partial charge on any atom is 0.252 e. The van der Waals surface area contributed by atoms with E-state index in [1.54, 1.807) is 0 Å². The van der Waals surface area contributed by atoms with E-state index in [-0.39, 0.29) is 39.3 Å². The average Bonchev–Trinajstić information content (AvgIpc) is 3.80. The molecular formula is C66H72BN3S. The molecule has 1 saturated carbocycles. The highest BCUT2D eigenvalue weighted by Gasteiger charge is 2.58. The monoisotopic (exact) mass is 950 g/mol. The molecule has 8 aromatic rings. The molecule has 0 saturated heterocycles. The highest BCUT2D eigenvalue weighted by atomic mass is 32.1. The minimum atomic E-state index is -0.143. The van der Waals surface area contributed by atoms with E-state index in [0.29, 0.717) is 0 Å². The Morgan fingerprint density at radius 3 is 1.66 bits per heavy atom. The van der Waals surface area contributed by atoms with Crippen LogP contribution in [-0.4, -0.2) is 12.3 Å². The van der Waals surface area contributed by atoms with Crippen LogP contribution in [0.1, 0.15) is 150 Å². The lowest BCUT2D eigenvalue weighted by Crippen LogP contribution is -2.61. The molecular weight excluding hydrogens is 878 g/mol. The Labute approximate surface area is 429 Å². The van der Waals surface area contributed by atoms with Gasteiger partial charge in [-0.1, -0.05) is 182 Å². The number of nitrogens with zero attached hydrogens (tertiary/aromatic N) is 3. The van der Waals surface area contributed by atoms with Crippen LogP contribution >= 0.6 is 11.3 Å². The van der Waals surface area contributed by atoms with Crippen LogP contribution in [0, 0.1) is 0 Å². The first-order chi connectivity index (χ1) is 33.5. The van der Waals surface area contributed by atoms with Gasteiger partial charge in [-0.3, -0.25) is 0 Å². The molecule has 5 heteroatoms. The molecule has 2 unspecified atom stereocenters. The van der Waals surface area contributed by atoms with Crippen LogP contribution < -0.4 is 31.1 Å². The SMILES string of the molecule is CC(C)(C)c1cccc(N2c3cc(C(C)(C)C)ccc3B3c4ccc(C(C)(C)C)cc4N(c4cccc5c4sc4ccccc45)c4cc(N5c6ccc(C(C)(C)C)cc6C6(C)CCCCC56C)cc2c43)c1. The van der Waals surface area contributed by atoms with Gasteiger partial charge < -0.3 is 14.7 Å². The summed E-state index contributed by atoms with van der Waals surface area (Å²) in [5.41, 5.74) is 21.0. The van der Waals surface area contributed by atoms with Crippen molar-refractivity contribution in [2.45, 2.75) is 155 Å². The van der Waals surface area contributed by atoms with E-state index in [2.05, 4.69) is 245 Å². The highest BCUT2D eigenvalue weighted by Crippen LogP contribution is 2.62. The molecule has 4 heterocycles. The van der Waals surface area contributed by atoms with Gasteiger partial charge in [0.1, 0.15) is 0 Å². The normalized spacial score (nSPS) is 19.7. The van der Waals surface area contributed by atoms with Crippen LogP contribution in [0.5, 0.6) is 0 Å². The largest absolute Gasteiger partial charge is 0.334 e. The van der Waals surface area contributed by atoms with E-state index in [0.717, 1.165) is 6.42 Å². The molecule has 71 heavy (non-hydrogen) atoms. The summed E-state index contributed by atoms with van der Waals surface area (Å²) in [6.45, 7) is 33.5. The predicted molar refractivity (Wildman–Crippen MR) is 311 cm³/mol. The third-order valence-electron chi connectivity index (χ3n) is 17.6. The molecule has 1 aromatic heterocycles. The minimum absolute atomic E-state index is 0.0118. The Hall–Kier alpha value is -5.78. The summed E-state index contributed by atoms with van der Waals surface area (Å²) < 4.78 is 2.65. The summed E-state index contributed by atoms with van der Waals surface area (Å²) >= 11 is 1.93. The highest BCUT2D eigenvalue weighted by molar-refractivity contribution is 7.26. The van der Waals surface area contributed by atoms with Crippen molar-refractivity contribution in [1.29, 1.82) is 0 Å². The van der Waals surface area contributed by atoms with Crippen LogP contribution in [0.25, 0.3) is 20.2 Å². The summed E-state index contributed by atoms with van der Waals surface area (Å²) in [7, 11) is 0. The Morgan fingerprint density at radius 2 is 1.00 bits per heavy atom. The number of thiophene rings is 1. The summed E-state index contributed by atoms with van der Waals surface area (Å²) in [5.74, 6) is 0. The first-order valence-corrected chi connectivity index (χ1v) is 27.3. The molecule has 4 aliphatic rings. The van der Waals surface area contributed by atoms with Crippen molar-refractivity contribution in [3.05, 3.63) is 161 Å². The minimum Gasteiger partial charge on any atom is -0.334 e. The third kappa shape index (κ3) is 6.87. The molecule has 3 nitrogen and oxygen atoms in total. The molecule has 0 amide bonds. The van der Waals surface area contributed by atoms with E-state index in [4.69, 9.17) is 0 Å². The van der Waals surface area contributed by atoms with Crippen LogP contribution in [0.4, 0.5) is 45.5 Å². The van der Waals surface area contributed by atoms with Crippen molar-refractivity contribution < 1.29 is 0 Å². The van der Waals surface area contributed by atoms with Crippen molar-refractivity contribution in [2.75, 3.05) is 14.7 Å². The maximum absolute atomic E-state index is 2.84. The van der Waals surface area contributed by atoms with Gasteiger partial charge in [-0.2, -0.15) is 0 Å². The molecule has 2 atom stereocenters. The van der Waals surface area contributed by atoms with Gasteiger partial charge in [0.25, 0.3) is 6.71 Å². The van der Waals surface area contributed by atoms with Gasteiger partial charge in [0.2, 0.25) is 0 Å². The van der Waals surface area contributed by atoms with E-state index in [1.165, 1.54) is 129 Å². The zero-order valence-corrected chi connectivity index (χ0v) is 45.7. The average molecular weight is 950 g/mol. The van der Waals surface area contributed by atoms with E-state index < -0.39 is 0 Å². The fourth-order valence-electron chi connectivity index (χ4n) is 13.2. The van der Waals surface area contributed by atoms with Gasteiger partial charge in [0.05, 0.1) is 15.9 Å². The van der Waals surface area contributed by atoms with Crippen LogP contribution in [0.2, 0.25) is 0 Å². The first kappa shape index (κ1) is 46.3. The van der Waals surface area contributed by atoms with Crippen LogP contribution in [0.3, 0.4) is 0 Å². The number of rotatable bonds is 3. The summed E-state index contributed by atoms with van der Waals surface area (Å²) in [4.78, 5) is 8.22. The summed E-state index contributed by atoms with van der Waals surface area (Å²) in [6.07, 6.45) is 4.79. The van der Waals surface area contributed by atoms with E-state index in [9.17, 15) is 0 Å². The van der Waals surface area contributed by atoms with Crippen LogP contribution in [0.15, 0.2) is 133 Å². The fourth-order valence-corrected chi connectivity index (χ4v) is 14.4. The molecule has 0 bridgehead atoms. The van der Waals surface area contributed by atoms with Gasteiger partial charge in [-0.15, -0.1) is 11.3 Å². The van der Waals surface area contributed by atoms with Crippen molar-refractivity contribution >= 4 is 100 Å². The van der Waals surface area contributed by atoms with Gasteiger partial charge in [0.15, 0.2) is 0 Å². The number of fused-ring (bicyclic) bond motifs is 10. The third-order valence-corrected chi connectivity index (χ3v) is 18.8. The fraction of sp³-hybridized carbons (Fsp3) is 0.364. The topological polar surface area (TPSA) is 9.72 Å². The molecule has 1 fully saturated rings. The lowest BCUT2D eigenvalue weighted by atomic mass is 9.33. The standard InChI is InChI=1S/C66H72BN3S/c1-61(2,3)41-21-19-22-45(35-41)68-54-37-43(63(7,8)9)27-30-50(54)67-51-31-28-44(64(10,11)12)38-55(51)69(53-25-20-24-48-47-23-15-16-26-58(47)71-60(48)53)57-40-46(39-56(68)59(57)67)70-52-32-29-42(62(4,5)6)36-49(52)65(13)33-17-18-34-66(65,70)14/h15-16,19-32,35-40H,17-18,33-34H2,1-14H3. The lowest BCUT2D eigenvalue weighted by Gasteiger charge is -2.51. The summed E-state index contributed by atoms with van der Waals surface area (Å²) in [6, 6.07) is 53.2. The second kappa shape index (κ2) is 15.4. The smallest absolute Gasteiger partial charge is 0.252 e.